The number of carbonyl (C=O) groups is 4. The molecule has 2 aliphatic rings. The maximum absolute atomic E-state index is 12.4. The van der Waals surface area contributed by atoms with Crippen molar-refractivity contribution in [2.45, 2.75) is 57.2 Å². The van der Waals surface area contributed by atoms with Crippen LogP contribution >= 0.6 is 0 Å². The lowest BCUT2D eigenvalue weighted by Crippen LogP contribution is -2.63. The molecule has 0 aromatic rings. The van der Waals surface area contributed by atoms with Gasteiger partial charge in [0, 0.05) is 19.0 Å². The highest BCUT2D eigenvalue weighted by Crippen LogP contribution is 2.24. The molecule has 3 atom stereocenters. The summed E-state index contributed by atoms with van der Waals surface area (Å²) in [6, 6.07) is -2.21. The molecule has 0 spiro atoms. The third-order valence-corrected chi connectivity index (χ3v) is 4.08. The van der Waals surface area contributed by atoms with E-state index in [0.29, 0.717) is 19.4 Å². The second kappa shape index (κ2) is 6.95. The lowest BCUT2D eigenvalue weighted by molar-refractivity contribution is -0.175. The number of rotatable bonds is 4. The van der Waals surface area contributed by atoms with Crippen molar-refractivity contribution in [3.63, 3.8) is 0 Å². The number of hydrogen-bond acceptors (Lipinski definition) is 5. The average molecular weight is 326 g/mol. The fourth-order valence-corrected chi connectivity index (χ4v) is 2.95. The number of nitrogens with zero attached hydrogens (tertiary/aromatic N) is 2. The largest absolute Gasteiger partial charge is 0.481 e. The van der Waals surface area contributed by atoms with Crippen LogP contribution in [0.15, 0.2) is 0 Å². The van der Waals surface area contributed by atoms with Gasteiger partial charge in [-0.25, -0.2) is 5.01 Å². The lowest BCUT2D eigenvalue weighted by Gasteiger charge is -2.42. The van der Waals surface area contributed by atoms with Gasteiger partial charge in [-0.1, -0.05) is 0 Å². The number of aliphatic carboxylic acids is 1. The lowest BCUT2D eigenvalue weighted by atomic mass is 10.1. The molecule has 0 bridgehead atoms. The van der Waals surface area contributed by atoms with Crippen molar-refractivity contribution >= 4 is 23.7 Å². The van der Waals surface area contributed by atoms with Gasteiger partial charge in [0.05, 0.1) is 12.5 Å². The summed E-state index contributed by atoms with van der Waals surface area (Å²) in [5.41, 5.74) is 5.80. The molecule has 0 aliphatic carbocycles. The zero-order valence-electron chi connectivity index (χ0n) is 13.0. The van der Waals surface area contributed by atoms with E-state index >= 15 is 0 Å². The van der Waals surface area contributed by atoms with Gasteiger partial charge in [0.2, 0.25) is 11.8 Å². The topological polar surface area (TPSA) is 133 Å². The highest BCUT2D eigenvalue weighted by atomic mass is 16.4. The first-order valence-electron chi connectivity index (χ1n) is 7.72. The first-order chi connectivity index (χ1) is 10.8. The summed E-state index contributed by atoms with van der Waals surface area (Å²) >= 11 is 0. The third kappa shape index (κ3) is 3.79. The minimum atomic E-state index is -1.02. The Kier molecular flexibility index (Phi) is 5.19. The molecule has 9 nitrogen and oxygen atoms in total. The van der Waals surface area contributed by atoms with Gasteiger partial charge >= 0.3 is 5.97 Å². The molecule has 4 N–H and O–H groups in total. The second-order valence-corrected chi connectivity index (χ2v) is 6.01. The molecule has 9 heteroatoms. The maximum atomic E-state index is 12.4. The summed E-state index contributed by atoms with van der Waals surface area (Å²) in [6.07, 6.45) is 1.22. The van der Waals surface area contributed by atoms with Gasteiger partial charge in [-0.15, -0.1) is 0 Å². The zero-order valence-corrected chi connectivity index (χ0v) is 13.0. The van der Waals surface area contributed by atoms with E-state index in [-0.39, 0.29) is 25.2 Å². The number of carbonyl (C=O) groups excluding carboxylic acids is 3. The summed E-state index contributed by atoms with van der Waals surface area (Å²) in [6.45, 7) is 1.96. The van der Waals surface area contributed by atoms with E-state index in [4.69, 9.17) is 10.8 Å². The molecule has 0 aromatic carbocycles. The summed E-state index contributed by atoms with van der Waals surface area (Å²) in [7, 11) is 0. The van der Waals surface area contributed by atoms with Crippen LogP contribution in [0.25, 0.3) is 0 Å². The Morgan fingerprint density at radius 3 is 2.74 bits per heavy atom. The molecule has 23 heavy (non-hydrogen) atoms. The van der Waals surface area contributed by atoms with Gasteiger partial charge in [-0.2, -0.15) is 0 Å². The van der Waals surface area contributed by atoms with Gasteiger partial charge in [-0.3, -0.25) is 24.2 Å². The SMILES string of the molecule is CC(CC(=O)O)NC(=O)[C@@H]1CCCN2C(=O)CC[C@H](N)C(=O)N12. The zero-order chi connectivity index (χ0) is 17.1. The first kappa shape index (κ1) is 17.2. The number of carboxylic acid groups (broad SMARTS) is 1. The van der Waals surface area contributed by atoms with Crippen molar-refractivity contribution in [3.8, 4) is 0 Å². The molecule has 2 saturated heterocycles. The summed E-state index contributed by atoms with van der Waals surface area (Å²) < 4.78 is 0. The van der Waals surface area contributed by atoms with E-state index in [0.717, 1.165) is 0 Å². The Morgan fingerprint density at radius 1 is 1.39 bits per heavy atom. The molecule has 2 aliphatic heterocycles. The monoisotopic (exact) mass is 326 g/mol. The van der Waals surface area contributed by atoms with Gasteiger partial charge in [0.25, 0.3) is 5.91 Å². The summed E-state index contributed by atoms with van der Waals surface area (Å²) in [4.78, 5) is 47.7. The predicted molar refractivity (Wildman–Crippen MR) is 78.6 cm³/mol. The quantitative estimate of drug-likeness (QED) is 0.595. The van der Waals surface area contributed by atoms with Gasteiger partial charge in [-0.05, 0) is 26.2 Å². The fraction of sp³-hybridized carbons (Fsp3) is 0.714. The number of nitrogens with two attached hydrogens (primary N) is 1. The van der Waals surface area contributed by atoms with Crippen LogP contribution in [0.2, 0.25) is 0 Å². The second-order valence-electron chi connectivity index (χ2n) is 6.01. The molecule has 0 saturated carbocycles. The van der Waals surface area contributed by atoms with Crippen LogP contribution in [0.5, 0.6) is 0 Å². The van der Waals surface area contributed by atoms with Crippen LogP contribution < -0.4 is 11.1 Å². The van der Waals surface area contributed by atoms with Crippen molar-refractivity contribution in [3.05, 3.63) is 0 Å². The van der Waals surface area contributed by atoms with Gasteiger partial charge in [0.1, 0.15) is 6.04 Å². The molecule has 0 radical (unpaired) electrons. The van der Waals surface area contributed by atoms with Crippen molar-refractivity contribution in [1.82, 2.24) is 15.3 Å². The number of fused-ring (bicyclic) bond motifs is 1. The fourth-order valence-electron chi connectivity index (χ4n) is 2.95. The Labute approximate surface area is 133 Å². The van der Waals surface area contributed by atoms with Crippen molar-refractivity contribution < 1.29 is 24.3 Å². The summed E-state index contributed by atoms with van der Waals surface area (Å²) in [5, 5.41) is 13.8. The molecule has 128 valence electrons. The minimum absolute atomic E-state index is 0.174. The van der Waals surface area contributed by atoms with Crippen molar-refractivity contribution in [2.24, 2.45) is 5.73 Å². The van der Waals surface area contributed by atoms with Crippen LogP contribution in [0.4, 0.5) is 0 Å². The molecular weight excluding hydrogens is 304 g/mol. The smallest absolute Gasteiger partial charge is 0.305 e. The number of nitrogens with one attached hydrogen (secondary N) is 1. The van der Waals surface area contributed by atoms with Crippen LogP contribution in [-0.4, -0.2) is 63.5 Å². The molecule has 2 rings (SSSR count). The Morgan fingerprint density at radius 2 is 2.09 bits per heavy atom. The van der Waals surface area contributed by atoms with E-state index in [9.17, 15) is 19.2 Å². The van der Waals surface area contributed by atoms with Crippen molar-refractivity contribution in [1.29, 1.82) is 0 Å². The molecule has 2 heterocycles. The third-order valence-electron chi connectivity index (χ3n) is 4.08. The van der Waals surface area contributed by atoms with Crippen LogP contribution in [0, 0.1) is 0 Å². The van der Waals surface area contributed by atoms with E-state index < -0.39 is 35.9 Å². The highest BCUT2D eigenvalue weighted by molar-refractivity contribution is 5.93. The molecule has 0 aromatic heterocycles. The Balaban J connectivity index is 2.16. The van der Waals surface area contributed by atoms with Gasteiger partial charge in [0.15, 0.2) is 0 Å². The predicted octanol–water partition coefficient (Wildman–Crippen LogP) is -1.18. The van der Waals surface area contributed by atoms with E-state index in [2.05, 4.69) is 5.32 Å². The van der Waals surface area contributed by atoms with Crippen molar-refractivity contribution in [2.75, 3.05) is 6.54 Å². The van der Waals surface area contributed by atoms with Gasteiger partial charge < -0.3 is 16.2 Å². The van der Waals surface area contributed by atoms with Crippen LogP contribution in [-0.2, 0) is 19.2 Å². The Bertz CT molecular complexity index is 523. The standard InChI is InChI=1S/C14H22N4O5/c1-8(7-12(20)21)16-13(22)10-3-2-6-17-11(19)5-4-9(15)14(23)18(10)17/h8-10H,2-7,15H2,1H3,(H,16,22)(H,20,21)/t8?,9-,10-/m0/s1. The van der Waals surface area contributed by atoms with E-state index in [1.54, 1.807) is 6.92 Å². The number of amides is 3. The van der Waals surface area contributed by atoms with Crippen LogP contribution in [0.1, 0.15) is 39.0 Å². The number of carboxylic acids is 1. The molecule has 1 unspecified atom stereocenters. The molecular formula is C14H22N4O5. The number of hydrogen-bond donors (Lipinski definition) is 3. The summed E-state index contributed by atoms with van der Waals surface area (Å²) in [5.74, 6) is -2.14. The minimum Gasteiger partial charge on any atom is -0.481 e. The first-order valence-corrected chi connectivity index (χ1v) is 7.72. The van der Waals surface area contributed by atoms with E-state index in [1.807, 2.05) is 0 Å². The Hall–Kier alpha value is -2.16. The van der Waals surface area contributed by atoms with E-state index in [1.165, 1.54) is 10.0 Å². The molecule has 3 amide bonds. The number of hydrazine groups is 1. The highest BCUT2D eigenvalue weighted by Gasteiger charge is 2.43. The maximum Gasteiger partial charge on any atom is 0.305 e. The average Bonchev–Trinajstić information content (AvgIpc) is 2.59. The normalized spacial score (nSPS) is 26.3. The molecule has 2 fully saturated rings. The van der Waals surface area contributed by atoms with Crippen LogP contribution in [0.3, 0.4) is 0 Å².